The largest absolute Gasteiger partial charge is 0.383 e. The highest BCUT2D eigenvalue weighted by Crippen LogP contribution is 2.25. The number of anilines is 2. The van der Waals surface area contributed by atoms with E-state index < -0.39 is 17.2 Å². The van der Waals surface area contributed by atoms with Gasteiger partial charge >= 0.3 is 5.69 Å². The topological polar surface area (TPSA) is 101 Å². The van der Waals surface area contributed by atoms with Crippen molar-refractivity contribution in [3.05, 3.63) is 78.1 Å². The van der Waals surface area contributed by atoms with Crippen molar-refractivity contribution in [2.45, 2.75) is 6.54 Å². The second-order valence-corrected chi connectivity index (χ2v) is 7.25. The monoisotopic (exact) mass is 390 g/mol. The molecule has 0 bridgehead atoms. The summed E-state index contributed by atoms with van der Waals surface area (Å²) >= 11 is 6.96. The molecule has 26 heavy (non-hydrogen) atoms. The van der Waals surface area contributed by atoms with Gasteiger partial charge in [-0.2, -0.15) is 0 Å². The Morgan fingerprint density at radius 2 is 1.92 bits per heavy atom. The minimum absolute atomic E-state index is 0.0823. The predicted molar refractivity (Wildman–Crippen MR) is 103 cm³/mol. The number of benzene rings is 1. The lowest BCUT2D eigenvalue weighted by molar-refractivity contribution is 0.0996. The minimum Gasteiger partial charge on any atom is -0.383 e. The molecule has 0 saturated heterocycles. The average molecular weight is 391 g/mol. The van der Waals surface area contributed by atoms with E-state index in [1.54, 1.807) is 12.1 Å². The zero-order valence-corrected chi connectivity index (χ0v) is 15.3. The normalized spacial score (nSPS) is 10.7. The number of carbonyl (C=O) groups is 1. The molecule has 2 aromatic heterocycles. The number of thiophene rings is 1. The number of hydrogen-bond acceptors (Lipinski definition) is 5. The van der Waals surface area contributed by atoms with Crippen molar-refractivity contribution in [3.8, 4) is 0 Å². The molecule has 0 aliphatic heterocycles. The summed E-state index contributed by atoms with van der Waals surface area (Å²) in [5.74, 6) is -0.523. The molecule has 134 valence electrons. The van der Waals surface area contributed by atoms with E-state index in [2.05, 4.69) is 4.98 Å². The molecule has 1 aromatic carbocycles. The van der Waals surface area contributed by atoms with Crippen molar-refractivity contribution < 1.29 is 4.79 Å². The van der Waals surface area contributed by atoms with Gasteiger partial charge < -0.3 is 10.6 Å². The highest BCUT2D eigenvalue weighted by atomic mass is 35.5. The minimum atomic E-state index is -0.727. The summed E-state index contributed by atoms with van der Waals surface area (Å²) in [6.45, 7) is 0.169. The van der Waals surface area contributed by atoms with Gasteiger partial charge in [-0.3, -0.25) is 19.1 Å². The van der Waals surface area contributed by atoms with Crippen LogP contribution in [0.4, 0.5) is 11.5 Å². The first-order chi connectivity index (χ1) is 12.4. The van der Waals surface area contributed by atoms with Crippen LogP contribution >= 0.6 is 22.9 Å². The number of rotatable bonds is 4. The predicted octanol–water partition coefficient (Wildman–Crippen LogP) is 2.16. The van der Waals surface area contributed by atoms with Crippen molar-refractivity contribution in [1.82, 2.24) is 9.55 Å². The fourth-order valence-corrected chi connectivity index (χ4v) is 3.54. The lowest BCUT2D eigenvalue weighted by atomic mass is 10.2. The Kier molecular flexibility index (Phi) is 4.97. The van der Waals surface area contributed by atoms with Crippen molar-refractivity contribution in [2.75, 3.05) is 17.7 Å². The molecule has 0 spiro atoms. The van der Waals surface area contributed by atoms with E-state index in [0.717, 1.165) is 21.8 Å². The van der Waals surface area contributed by atoms with Crippen LogP contribution in [0.2, 0.25) is 4.34 Å². The summed E-state index contributed by atoms with van der Waals surface area (Å²) < 4.78 is 1.68. The van der Waals surface area contributed by atoms with Crippen LogP contribution in [0.3, 0.4) is 0 Å². The maximum Gasteiger partial charge on any atom is 0.330 e. The number of carbonyl (C=O) groups excluding carboxylic acids is 1. The summed E-state index contributed by atoms with van der Waals surface area (Å²) in [7, 11) is 1.42. The van der Waals surface area contributed by atoms with E-state index >= 15 is 0 Å². The molecule has 0 saturated carbocycles. The number of hydrogen-bond donors (Lipinski definition) is 2. The first kappa shape index (κ1) is 18.0. The number of halogens is 1. The van der Waals surface area contributed by atoms with Gasteiger partial charge in [0.2, 0.25) is 0 Å². The summed E-state index contributed by atoms with van der Waals surface area (Å²) in [6, 6.07) is 12.3. The Bertz CT molecular complexity index is 1070. The molecule has 3 rings (SSSR count). The summed E-state index contributed by atoms with van der Waals surface area (Å²) in [6.07, 6.45) is 0. The molecule has 0 atom stereocenters. The Morgan fingerprint density at radius 3 is 2.54 bits per heavy atom. The fourth-order valence-electron chi connectivity index (χ4n) is 2.52. The number of nitrogen functional groups attached to an aromatic ring is 1. The number of H-pyrrole nitrogens is 1. The van der Waals surface area contributed by atoms with Gasteiger partial charge in [-0.15, -0.1) is 11.3 Å². The summed E-state index contributed by atoms with van der Waals surface area (Å²) in [4.78, 5) is 40.8. The highest BCUT2D eigenvalue weighted by molar-refractivity contribution is 7.18. The Balaban J connectivity index is 2.04. The smallest absolute Gasteiger partial charge is 0.330 e. The molecule has 1 amide bonds. The molecule has 2 heterocycles. The number of nitrogens with zero attached hydrogens (tertiary/aromatic N) is 2. The summed E-state index contributed by atoms with van der Waals surface area (Å²) in [5, 5.41) is 0. The van der Waals surface area contributed by atoms with E-state index in [9.17, 15) is 14.4 Å². The van der Waals surface area contributed by atoms with Gasteiger partial charge in [-0.25, -0.2) is 4.79 Å². The third kappa shape index (κ3) is 3.42. The molecule has 0 radical (unpaired) electrons. The van der Waals surface area contributed by atoms with Crippen LogP contribution in [0.25, 0.3) is 0 Å². The first-order valence-corrected chi connectivity index (χ1v) is 8.78. The van der Waals surface area contributed by atoms with E-state index in [4.69, 9.17) is 17.3 Å². The lowest BCUT2D eigenvalue weighted by Crippen LogP contribution is -2.39. The number of aromatic nitrogens is 2. The number of amides is 1. The van der Waals surface area contributed by atoms with Gasteiger partial charge in [0.15, 0.2) is 5.69 Å². The SMILES string of the molecule is CN(C(=O)c1ccc(Cl)s1)c1c(N)n(Cc2ccccc2)c(=O)[nH]c1=O. The zero-order chi connectivity index (χ0) is 18.8. The fraction of sp³-hybridized carbons (Fsp3) is 0.118. The number of nitrogens with one attached hydrogen (secondary N) is 1. The van der Waals surface area contributed by atoms with Crippen molar-refractivity contribution in [2.24, 2.45) is 0 Å². The molecule has 3 aromatic rings. The third-order valence-corrected chi connectivity index (χ3v) is 5.04. The van der Waals surface area contributed by atoms with Gasteiger partial charge in [0.05, 0.1) is 15.8 Å². The number of aromatic amines is 1. The van der Waals surface area contributed by atoms with Crippen LogP contribution in [0.15, 0.2) is 52.1 Å². The molecular weight excluding hydrogens is 376 g/mol. The van der Waals surface area contributed by atoms with Crippen LogP contribution in [0.1, 0.15) is 15.2 Å². The molecule has 0 aliphatic carbocycles. The third-order valence-electron chi connectivity index (χ3n) is 3.82. The van der Waals surface area contributed by atoms with E-state index in [1.165, 1.54) is 11.6 Å². The van der Waals surface area contributed by atoms with Crippen LogP contribution < -0.4 is 21.9 Å². The summed E-state index contributed by atoms with van der Waals surface area (Å²) in [5.41, 5.74) is 5.46. The van der Waals surface area contributed by atoms with E-state index in [0.29, 0.717) is 9.21 Å². The molecule has 0 unspecified atom stereocenters. The molecule has 9 heteroatoms. The zero-order valence-electron chi connectivity index (χ0n) is 13.7. The Morgan fingerprint density at radius 1 is 1.23 bits per heavy atom. The molecule has 7 nitrogen and oxygen atoms in total. The molecular formula is C17H15ClN4O3S. The second-order valence-electron chi connectivity index (χ2n) is 5.53. The quantitative estimate of drug-likeness (QED) is 0.712. The van der Waals surface area contributed by atoms with Gasteiger partial charge in [0.25, 0.3) is 11.5 Å². The molecule has 0 aliphatic rings. The maximum atomic E-state index is 12.6. The van der Waals surface area contributed by atoms with E-state index in [-0.39, 0.29) is 18.1 Å². The first-order valence-electron chi connectivity index (χ1n) is 7.58. The van der Waals surface area contributed by atoms with Gasteiger partial charge in [-0.05, 0) is 17.7 Å². The molecule has 3 N–H and O–H groups in total. The standard InChI is InChI=1S/C17H15ClN4O3S/c1-21(16(24)11-7-8-12(18)26-11)13-14(19)22(17(25)20-15(13)23)9-10-5-3-2-4-6-10/h2-8H,9,19H2,1H3,(H,20,23,25). The van der Waals surface area contributed by atoms with Crippen LogP contribution in [0, 0.1) is 0 Å². The van der Waals surface area contributed by atoms with Crippen molar-refractivity contribution >= 4 is 40.4 Å². The van der Waals surface area contributed by atoms with Crippen LogP contribution in [-0.4, -0.2) is 22.5 Å². The molecule has 0 fully saturated rings. The highest BCUT2D eigenvalue weighted by Gasteiger charge is 2.23. The second kappa shape index (κ2) is 7.19. The number of nitrogens with two attached hydrogens (primary N) is 1. The van der Waals surface area contributed by atoms with Crippen LogP contribution in [0.5, 0.6) is 0 Å². The lowest BCUT2D eigenvalue weighted by Gasteiger charge is -2.19. The average Bonchev–Trinajstić information content (AvgIpc) is 3.05. The Hall–Kier alpha value is -2.84. The van der Waals surface area contributed by atoms with Gasteiger partial charge in [0, 0.05) is 7.05 Å². The van der Waals surface area contributed by atoms with E-state index in [1.807, 2.05) is 30.3 Å². The van der Waals surface area contributed by atoms with Crippen molar-refractivity contribution in [3.63, 3.8) is 0 Å². The van der Waals surface area contributed by atoms with Gasteiger partial charge in [0.1, 0.15) is 5.82 Å². The van der Waals surface area contributed by atoms with Gasteiger partial charge in [-0.1, -0.05) is 41.9 Å². The van der Waals surface area contributed by atoms with Crippen LogP contribution in [-0.2, 0) is 6.54 Å². The Labute approximate surface area is 157 Å². The van der Waals surface area contributed by atoms with Crippen molar-refractivity contribution in [1.29, 1.82) is 0 Å². The maximum absolute atomic E-state index is 12.6.